The molecule has 0 radical (unpaired) electrons. The summed E-state index contributed by atoms with van der Waals surface area (Å²) in [5.41, 5.74) is 3.85. The second kappa shape index (κ2) is 7.58. The summed E-state index contributed by atoms with van der Waals surface area (Å²) in [6.07, 6.45) is 0. The van der Waals surface area contributed by atoms with Crippen molar-refractivity contribution < 1.29 is 9.59 Å². The first-order valence-electron chi connectivity index (χ1n) is 7.68. The van der Waals surface area contributed by atoms with E-state index in [9.17, 15) is 9.59 Å². The van der Waals surface area contributed by atoms with E-state index in [2.05, 4.69) is 10.6 Å². The van der Waals surface area contributed by atoms with Gasteiger partial charge in [0.05, 0.1) is 0 Å². The van der Waals surface area contributed by atoms with E-state index in [1.807, 2.05) is 69.3 Å². The molecule has 0 fully saturated rings. The van der Waals surface area contributed by atoms with Gasteiger partial charge in [-0.2, -0.15) is 0 Å². The molecule has 4 nitrogen and oxygen atoms in total. The molecule has 0 bridgehead atoms. The predicted molar refractivity (Wildman–Crippen MR) is 92.4 cm³/mol. The summed E-state index contributed by atoms with van der Waals surface area (Å²) < 4.78 is 0. The fraction of sp³-hybridized carbons (Fsp3) is 0.263. The number of benzene rings is 2. The third kappa shape index (κ3) is 4.95. The van der Waals surface area contributed by atoms with Gasteiger partial charge < -0.3 is 10.6 Å². The van der Waals surface area contributed by atoms with E-state index in [4.69, 9.17) is 0 Å². The maximum atomic E-state index is 12.0. The number of aryl methyl sites for hydroxylation is 2. The number of carbonyl (C=O) groups excluding carboxylic acids is 2. The molecular formula is C19H22N2O2. The van der Waals surface area contributed by atoms with Crippen LogP contribution in [0.15, 0.2) is 48.5 Å². The fourth-order valence-electron chi connectivity index (χ4n) is 2.46. The maximum Gasteiger partial charge on any atom is 0.313 e. The van der Waals surface area contributed by atoms with Crippen LogP contribution >= 0.6 is 0 Å². The number of rotatable bonds is 4. The molecular weight excluding hydrogens is 288 g/mol. The van der Waals surface area contributed by atoms with E-state index in [0.717, 1.165) is 16.7 Å². The Bertz CT molecular complexity index is 676. The van der Waals surface area contributed by atoms with Gasteiger partial charge in [0.25, 0.3) is 0 Å². The van der Waals surface area contributed by atoms with Gasteiger partial charge in [0.2, 0.25) is 0 Å². The van der Waals surface area contributed by atoms with Crippen molar-refractivity contribution in [1.82, 2.24) is 5.32 Å². The van der Waals surface area contributed by atoms with Crippen molar-refractivity contribution in [2.24, 2.45) is 0 Å². The molecule has 4 heteroatoms. The number of hydrogen-bond acceptors (Lipinski definition) is 2. The van der Waals surface area contributed by atoms with Gasteiger partial charge in [-0.15, -0.1) is 0 Å². The minimum Gasteiger partial charge on any atom is -0.347 e. The van der Waals surface area contributed by atoms with Crippen molar-refractivity contribution in [2.75, 3.05) is 11.9 Å². The Morgan fingerprint density at radius 2 is 1.57 bits per heavy atom. The molecule has 0 unspecified atom stereocenters. The van der Waals surface area contributed by atoms with Gasteiger partial charge in [0, 0.05) is 12.2 Å². The lowest BCUT2D eigenvalue weighted by Gasteiger charge is -2.13. The molecule has 120 valence electrons. The highest BCUT2D eigenvalue weighted by molar-refractivity contribution is 6.39. The molecule has 0 aromatic heterocycles. The van der Waals surface area contributed by atoms with Crippen LogP contribution in [-0.2, 0) is 9.59 Å². The largest absolute Gasteiger partial charge is 0.347 e. The zero-order chi connectivity index (χ0) is 16.8. The smallest absolute Gasteiger partial charge is 0.313 e. The summed E-state index contributed by atoms with van der Waals surface area (Å²) in [4.78, 5) is 23.9. The van der Waals surface area contributed by atoms with Crippen LogP contribution in [0.5, 0.6) is 0 Å². The minimum atomic E-state index is -0.643. The van der Waals surface area contributed by atoms with Gasteiger partial charge in [-0.3, -0.25) is 9.59 Å². The van der Waals surface area contributed by atoms with Crippen LogP contribution in [0, 0.1) is 13.8 Å². The molecule has 2 amide bonds. The van der Waals surface area contributed by atoms with Gasteiger partial charge in [-0.25, -0.2) is 0 Å². The molecule has 0 aliphatic carbocycles. The molecule has 2 N–H and O–H groups in total. The topological polar surface area (TPSA) is 58.2 Å². The number of carbonyl (C=O) groups is 2. The van der Waals surface area contributed by atoms with Crippen molar-refractivity contribution in [3.05, 3.63) is 65.2 Å². The zero-order valence-electron chi connectivity index (χ0n) is 13.7. The summed E-state index contributed by atoms with van der Waals surface area (Å²) in [6, 6.07) is 15.6. The van der Waals surface area contributed by atoms with Crippen molar-refractivity contribution in [2.45, 2.75) is 26.7 Å². The van der Waals surface area contributed by atoms with Crippen LogP contribution in [0.2, 0.25) is 0 Å². The minimum absolute atomic E-state index is 0.147. The summed E-state index contributed by atoms with van der Waals surface area (Å²) in [5.74, 6) is -1.11. The van der Waals surface area contributed by atoms with Crippen molar-refractivity contribution >= 4 is 17.5 Å². The highest BCUT2D eigenvalue weighted by Crippen LogP contribution is 2.14. The quantitative estimate of drug-likeness (QED) is 0.852. The number of amides is 2. The van der Waals surface area contributed by atoms with Crippen LogP contribution in [0.3, 0.4) is 0 Å². The van der Waals surface area contributed by atoms with E-state index < -0.39 is 11.8 Å². The lowest BCUT2D eigenvalue weighted by Crippen LogP contribution is -2.37. The van der Waals surface area contributed by atoms with Gasteiger partial charge in [0.1, 0.15) is 0 Å². The number of hydrogen-bond donors (Lipinski definition) is 2. The molecule has 0 saturated heterocycles. The first kappa shape index (κ1) is 16.7. The van der Waals surface area contributed by atoms with Gasteiger partial charge >= 0.3 is 11.8 Å². The highest BCUT2D eigenvalue weighted by Gasteiger charge is 2.15. The second-order valence-corrected chi connectivity index (χ2v) is 5.85. The fourth-order valence-corrected chi connectivity index (χ4v) is 2.46. The van der Waals surface area contributed by atoms with Crippen LogP contribution in [0.1, 0.15) is 29.5 Å². The van der Waals surface area contributed by atoms with Crippen molar-refractivity contribution in [3.8, 4) is 0 Å². The number of anilines is 1. The van der Waals surface area contributed by atoms with E-state index in [1.54, 1.807) is 0 Å². The summed E-state index contributed by atoms with van der Waals surface area (Å²) in [6.45, 7) is 6.33. The molecule has 0 spiro atoms. The molecule has 0 aliphatic heterocycles. The lowest BCUT2D eigenvalue weighted by atomic mass is 10.0. The number of nitrogens with one attached hydrogen (secondary N) is 2. The van der Waals surface area contributed by atoms with Crippen LogP contribution in [0.25, 0.3) is 0 Å². The van der Waals surface area contributed by atoms with Gasteiger partial charge in [-0.05, 0) is 48.6 Å². The van der Waals surface area contributed by atoms with Crippen LogP contribution in [-0.4, -0.2) is 18.4 Å². The van der Waals surface area contributed by atoms with Crippen molar-refractivity contribution in [3.63, 3.8) is 0 Å². The molecule has 1 atom stereocenters. The van der Waals surface area contributed by atoms with Gasteiger partial charge in [-0.1, -0.05) is 43.3 Å². The Balaban J connectivity index is 1.89. The molecule has 0 saturated carbocycles. The van der Waals surface area contributed by atoms with E-state index >= 15 is 0 Å². The second-order valence-electron chi connectivity index (χ2n) is 5.85. The average molecular weight is 310 g/mol. The third-order valence-corrected chi connectivity index (χ3v) is 3.62. The molecule has 2 aromatic rings. The Kier molecular flexibility index (Phi) is 5.52. The summed E-state index contributed by atoms with van der Waals surface area (Å²) in [7, 11) is 0. The molecule has 23 heavy (non-hydrogen) atoms. The van der Waals surface area contributed by atoms with Crippen molar-refractivity contribution in [1.29, 1.82) is 0 Å². The molecule has 0 heterocycles. The van der Waals surface area contributed by atoms with E-state index in [1.165, 1.54) is 0 Å². The monoisotopic (exact) mass is 310 g/mol. The molecule has 0 aliphatic rings. The standard InChI is InChI=1S/C19H22N2O2/c1-13-9-14(2)11-17(10-13)21-19(23)18(22)20-12-15(3)16-7-5-4-6-8-16/h4-11,15H,12H2,1-3H3,(H,20,22)(H,21,23)/t15-/m0/s1. The van der Waals surface area contributed by atoms with Crippen LogP contribution in [0.4, 0.5) is 5.69 Å². The lowest BCUT2D eigenvalue weighted by molar-refractivity contribution is -0.136. The Morgan fingerprint density at radius 1 is 0.957 bits per heavy atom. The Hall–Kier alpha value is -2.62. The normalized spacial score (nSPS) is 11.6. The Labute approximate surface area is 136 Å². The third-order valence-electron chi connectivity index (χ3n) is 3.62. The maximum absolute atomic E-state index is 12.0. The van der Waals surface area contributed by atoms with E-state index in [-0.39, 0.29) is 5.92 Å². The zero-order valence-corrected chi connectivity index (χ0v) is 13.7. The molecule has 2 rings (SSSR count). The first-order chi connectivity index (χ1) is 11.0. The highest BCUT2D eigenvalue weighted by atomic mass is 16.2. The summed E-state index contributed by atoms with van der Waals surface area (Å²) in [5, 5.41) is 5.32. The van der Waals surface area contributed by atoms with Gasteiger partial charge in [0.15, 0.2) is 0 Å². The first-order valence-corrected chi connectivity index (χ1v) is 7.68. The van der Waals surface area contributed by atoms with Crippen LogP contribution < -0.4 is 10.6 Å². The predicted octanol–water partition coefficient (Wildman–Crippen LogP) is 3.16. The van der Waals surface area contributed by atoms with E-state index in [0.29, 0.717) is 12.2 Å². The Morgan fingerprint density at radius 3 is 2.17 bits per heavy atom. The SMILES string of the molecule is Cc1cc(C)cc(NC(=O)C(=O)NC[C@H](C)c2ccccc2)c1. The average Bonchev–Trinajstić information content (AvgIpc) is 2.52. The molecule has 2 aromatic carbocycles. The summed E-state index contributed by atoms with van der Waals surface area (Å²) >= 11 is 0.